The minimum Gasteiger partial charge on any atom is -0.369 e. The normalized spacial score (nSPS) is 15.8. The van der Waals surface area contributed by atoms with Crippen LogP contribution in [-0.2, 0) is 6.54 Å². The van der Waals surface area contributed by atoms with Gasteiger partial charge in [0.1, 0.15) is 23.3 Å². The highest BCUT2D eigenvalue weighted by Gasteiger charge is 2.20. The van der Waals surface area contributed by atoms with Gasteiger partial charge >= 0.3 is 0 Å². The third kappa shape index (κ3) is 6.44. The Kier molecular flexibility index (Phi) is 8.14. The van der Waals surface area contributed by atoms with Crippen LogP contribution in [0.3, 0.4) is 0 Å². The molecule has 2 aliphatic rings. The zero-order valence-corrected chi connectivity index (χ0v) is 24.1. The molecular formula is C32H36F2N8. The molecule has 2 fully saturated rings. The molecule has 0 bridgehead atoms. The van der Waals surface area contributed by atoms with E-state index >= 15 is 0 Å². The molecule has 0 unspecified atom stereocenters. The Morgan fingerprint density at radius 2 is 1.60 bits per heavy atom. The summed E-state index contributed by atoms with van der Waals surface area (Å²) in [6.45, 7) is 10.6. The summed E-state index contributed by atoms with van der Waals surface area (Å²) >= 11 is 0. The molecule has 0 aliphatic carbocycles. The van der Waals surface area contributed by atoms with E-state index in [2.05, 4.69) is 63.6 Å². The van der Waals surface area contributed by atoms with Crippen LogP contribution in [0.5, 0.6) is 0 Å². The zero-order chi connectivity index (χ0) is 29.1. The second-order valence-electron chi connectivity index (χ2n) is 11.0. The summed E-state index contributed by atoms with van der Waals surface area (Å²) in [5.41, 5.74) is 5.01. The largest absolute Gasteiger partial charge is 0.369 e. The second kappa shape index (κ2) is 12.3. The van der Waals surface area contributed by atoms with Gasteiger partial charge in [0.2, 0.25) is 0 Å². The molecule has 42 heavy (non-hydrogen) atoms. The standard InChI is InChI=1S/C32H36F2N8/c1-23-6-8-25(9-7-23)21-35-30-20-31(41-11-4-12-41)38-32(37-30)42-24(2)26(22-36-42)5-3-10-39-13-15-40(16-14-39)29-18-27(33)17-28(34)19-29/h3,5-9,17-20,22H,4,10-16,21H2,1-2H3,(H,35,37,38)/b5-3+. The number of halogens is 2. The fourth-order valence-electron chi connectivity index (χ4n) is 5.24. The summed E-state index contributed by atoms with van der Waals surface area (Å²) in [7, 11) is 0. The first-order valence-electron chi connectivity index (χ1n) is 14.5. The first-order valence-corrected chi connectivity index (χ1v) is 14.5. The van der Waals surface area contributed by atoms with Crippen molar-refractivity contribution in [2.45, 2.75) is 26.8 Å². The van der Waals surface area contributed by atoms with E-state index in [4.69, 9.17) is 9.97 Å². The number of piperazine rings is 1. The smallest absolute Gasteiger partial charge is 0.254 e. The van der Waals surface area contributed by atoms with Gasteiger partial charge in [0.05, 0.1) is 11.9 Å². The summed E-state index contributed by atoms with van der Waals surface area (Å²) in [5, 5.41) is 8.11. The van der Waals surface area contributed by atoms with Crippen LogP contribution >= 0.6 is 0 Å². The minimum absolute atomic E-state index is 0.543. The Labute approximate surface area is 245 Å². The quantitative estimate of drug-likeness (QED) is 0.296. The average molecular weight is 571 g/mol. The summed E-state index contributed by atoms with van der Waals surface area (Å²) < 4.78 is 29.1. The van der Waals surface area contributed by atoms with E-state index in [1.54, 1.807) is 4.68 Å². The molecule has 0 radical (unpaired) electrons. The van der Waals surface area contributed by atoms with Crippen LogP contribution in [0.1, 0.15) is 28.8 Å². The monoisotopic (exact) mass is 570 g/mol. The van der Waals surface area contributed by atoms with Crippen LogP contribution < -0.4 is 15.1 Å². The van der Waals surface area contributed by atoms with Crippen molar-refractivity contribution in [3.8, 4) is 5.95 Å². The molecule has 0 spiro atoms. The molecule has 2 saturated heterocycles. The number of nitrogens with one attached hydrogen (secondary N) is 1. The van der Waals surface area contributed by atoms with Gasteiger partial charge in [0, 0.05) is 75.7 Å². The van der Waals surface area contributed by atoms with Crippen LogP contribution in [0, 0.1) is 25.5 Å². The molecule has 6 rings (SSSR count). The second-order valence-corrected chi connectivity index (χ2v) is 11.0. The molecule has 2 aromatic carbocycles. The number of benzene rings is 2. The average Bonchev–Trinajstić information content (AvgIpc) is 3.31. The molecule has 2 aliphatic heterocycles. The van der Waals surface area contributed by atoms with Gasteiger partial charge in [-0.25, -0.2) is 13.5 Å². The van der Waals surface area contributed by atoms with Crippen molar-refractivity contribution in [1.82, 2.24) is 24.6 Å². The maximum absolute atomic E-state index is 13.6. The lowest BCUT2D eigenvalue weighted by atomic mass is 10.1. The number of anilines is 3. The lowest BCUT2D eigenvalue weighted by molar-refractivity contribution is 0.284. The highest BCUT2D eigenvalue weighted by molar-refractivity contribution is 5.55. The van der Waals surface area contributed by atoms with Crippen molar-refractivity contribution in [2.24, 2.45) is 0 Å². The number of rotatable bonds is 9. The van der Waals surface area contributed by atoms with Crippen LogP contribution in [0.2, 0.25) is 0 Å². The summed E-state index contributed by atoms with van der Waals surface area (Å²) in [6, 6.07) is 14.2. The van der Waals surface area contributed by atoms with Crippen LogP contribution in [0.4, 0.5) is 26.1 Å². The van der Waals surface area contributed by atoms with Crippen molar-refractivity contribution in [3.05, 3.63) is 94.8 Å². The van der Waals surface area contributed by atoms with E-state index < -0.39 is 11.6 Å². The Hall–Kier alpha value is -4.31. The minimum atomic E-state index is -0.543. The number of hydrogen-bond donors (Lipinski definition) is 1. The van der Waals surface area contributed by atoms with Gasteiger partial charge in [-0.2, -0.15) is 15.1 Å². The summed E-state index contributed by atoms with van der Waals surface area (Å²) in [5.74, 6) is 1.14. The van der Waals surface area contributed by atoms with Gasteiger partial charge in [-0.1, -0.05) is 42.0 Å². The van der Waals surface area contributed by atoms with Crippen LogP contribution in [0.25, 0.3) is 12.0 Å². The number of nitrogens with zero attached hydrogens (tertiary/aromatic N) is 7. The first-order chi connectivity index (χ1) is 20.4. The Morgan fingerprint density at radius 3 is 2.29 bits per heavy atom. The van der Waals surface area contributed by atoms with E-state index in [1.807, 2.05) is 24.1 Å². The molecule has 1 N–H and O–H groups in total. The predicted molar refractivity (Wildman–Crippen MR) is 163 cm³/mol. The van der Waals surface area contributed by atoms with E-state index in [1.165, 1.54) is 29.7 Å². The van der Waals surface area contributed by atoms with Crippen molar-refractivity contribution in [3.63, 3.8) is 0 Å². The van der Waals surface area contributed by atoms with E-state index in [0.717, 1.165) is 74.8 Å². The molecule has 4 heterocycles. The van der Waals surface area contributed by atoms with Crippen molar-refractivity contribution in [2.75, 3.05) is 60.9 Å². The van der Waals surface area contributed by atoms with Crippen molar-refractivity contribution in [1.29, 1.82) is 0 Å². The summed E-state index contributed by atoms with van der Waals surface area (Å²) in [4.78, 5) is 16.3. The number of aromatic nitrogens is 4. The predicted octanol–water partition coefficient (Wildman–Crippen LogP) is 5.21. The Bertz CT molecular complexity index is 1530. The fraction of sp³-hybridized carbons (Fsp3) is 0.344. The molecule has 2 aromatic heterocycles. The lowest BCUT2D eigenvalue weighted by Gasteiger charge is -2.35. The molecule has 0 amide bonds. The Morgan fingerprint density at radius 1 is 0.857 bits per heavy atom. The van der Waals surface area contributed by atoms with Gasteiger partial charge in [-0.05, 0) is 38.0 Å². The van der Waals surface area contributed by atoms with Crippen molar-refractivity contribution >= 4 is 23.4 Å². The molecule has 218 valence electrons. The molecule has 4 aromatic rings. The van der Waals surface area contributed by atoms with Gasteiger partial charge in [0.15, 0.2) is 0 Å². The highest BCUT2D eigenvalue weighted by atomic mass is 19.1. The van der Waals surface area contributed by atoms with E-state index in [-0.39, 0.29) is 0 Å². The van der Waals surface area contributed by atoms with Gasteiger partial charge in [0.25, 0.3) is 5.95 Å². The van der Waals surface area contributed by atoms with E-state index in [0.29, 0.717) is 18.2 Å². The third-order valence-electron chi connectivity index (χ3n) is 7.96. The van der Waals surface area contributed by atoms with Crippen LogP contribution in [-0.4, -0.2) is 70.5 Å². The SMILES string of the molecule is Cc1ccc(CNc2cc(N3CCC3)nc(-n3ncc(/C=C/CN4CCN(c5cc(F)cc(F)c5)CC4)c3C)n2)cc1. The molecule has 8 nitrogen and oxygen atoms in total. The molecule has 10 heteroatoms. The first kappa shape index (κ1) is 27.8. The van der Waals surface area contributed by atoms with Crippen LogP contribution in [0.15, 0.2) is 60.8 Å². The number of aryl methyl sites for hydroxylation is 1. The number of hydrogen-bond acceptors (Lipinski definition) is 7. The molecule has 0 atom stereocenters. The lowest BCUT2D eigenvalue weighted by Crippen LogP contribution is -2.46. The zero-order valence-electron chi connectivity index (χ0n) is 24.1. The maximum Gasteiger partial charge on any atom is 0.254 e. The maximum atomic E-state index is 13.6. The molecular weight excluding hydrogens is 534 g/mol. The molecule has 0 saturated carbocycles. The van der Waals surface area contributed by atoms with Gasteiger partial charge < -0.3 is 15.1 Å². The summed E-state index contributed by atoms with van der Waals surface area (Å²) in [6.07, 6.45) is 7.24. The third-order valence-corrected chi connectivity index (χ3v) is 7.96. The highest BCUT2D eigenvalue weighted by Crippen LogP contribution is 2.24. The van der Waals surface area contributed by atoms with E-state index in [9.17, 15) is 8.78 Å². The van der Waals surface area contributed by atoms with Gasteiger partial charge in [-0.15, -0.1) is 0 Å². The van der Waals surface area contributed by atoms with Gasteiger partial charge in [-0.3, -0.25) is 4.90 Å². The van der Waals surface area contributed by atoms with Crippen molar-refractivity contribution < 1.29 is 8.78 Å². The fourth-order valence-corrected chi connectivity index (χ4v) is 5.24. The Balaban J connectivity index is 1.11. The topological polar surface area (TPSA) is 65.4 Å².